The lowest BCUT2D eigenvalue weighted by atomic mass is 10.3. The molecule has 1 N–H and O–H groups in total. The number of anilines is 2. The molecular weight excluding hydrogens is 358 g/mol. The Balaban J connectivity index is 1.43. The van der Waals surface area contributed by atoms with Crippen molar-refractivity contribution in [3.05, 3.63) is 24.8 Å². The quantitative estimate of drug-likeness (QED) is 0.761. The maximum absolute atomic E-state index is 12.5. The Hall–Kier alpha value is -2.24. The van der Waals surface area contributed by atoms with Gasteiger partial charge < -0.3 is 19.5 Å². The predicted octanol–water partition coefficient (Wildman–Crippen LogP) is -0.453. The van der Waals surface area contributed by atoms with E-state index in [2.05, 4.69) is 30.0 Å². The van der Waals surface area contributed by atoms with Crippen molar-refractivity contribution >= 4 is 21.5 Å². The summed E-state index contributed by atoms with van der Waals surface area (Å²) in [7, 11) is -3.51. The van der Waals surface area contributed by atoms with Crippen LogP contribution >= 0.6 is 0 Å². The zero-order chi connectivity index (χ0) is 18.0. The van der Waals surface area contributed by atoms with Gasteiger partial charge in [-0.1, -0.05) is 0 Å². The minimum Gasteiger partial charge on any atom is -0.378 e. The van der Waals surface area contributed by atoms with Crippen molar-refractivity contribution < 1.29 is 13.2 Å². The molecule has 0 saturated carbocycles. The van der Waals surface area contributed by atoms with Crippen LogP contribution in [0.1, 0.15) is 0 Å². The van der Waals surface area contributed by atoms with Crippen LogP contribution in [0.3, 0.4) is 0 Å². The van der Waals surface area contributed by atoms with Crippen molar-refractivity contribution in [3.8, 4) is 0 Å². The van der Waals surface area contributed by atoms with Crippen LogP contribution in [-0.4, -0.2) is 85.4 Å². The zero-order valence-corrected chi connectivity index (χ0v) is 15.1. The summed E-state index contributed by atoms with van der Waals surface area (Å²) in [6.07, 6.45) is 4.44. The Morgan fingerprint density at radius 2 is 1.77 bits per heavy atom. The van der Waals surface area contributed by atoms with Crippen LogP contribution in [0.2, 0.25) is 0 Å². The Morgan fingerprint density at radius 3 is 2.46 bits per heavy atom. The summed E-state index contributed by atoms with van der Waals surface area (Å²) in [6, 6.07) is 2.01. The Bertz CT molecular complexity index is 829. The van der Waals surface area contributed by atoms with Crippen LogP contribution in [0, 0.1) is 0 Å². The van der Waals surface area contributed by atoms with Gasteiger partial charge in [-0.2, -0.15) is 9.40 Å². The molecule has 0 aromatic carbocycles. The van der Waals surface area contributed by atoms with Gasteiger partial charge in [-0.3, -0.25) is 0 Å². The van der Waals surface area contributed by atoms with E-state index in [1.165, 1.54) is 16.8 Å². The first-order chi connectivity index (χ1) is 12.6. The van der Waals surface area contributed by atoms with Crippen LogP contribution in [-0.2, 0) is 14.8 Å². The van der Waals surface area contributed by atoms with Gasteiger partial charge in [0.2, 0.25) is 0 Å². The van der Waals surface area contributed by atoms with Gasteiger partial charge in [0.1, 0.15) is 0 Å². The fraction of sp³-hybridized carbons (Fsp3) is 0.533. The number of H-pyrrole nitrogens is 1. The minimum absolute atomic E-state index is 0.131. The lowest BCUT2D eigenvalue weighted by Gasteiger charge is -2.35. The fourth-order valence-corrected chi connectivity index (χ4v) is 4.49. The number of aromatic amines is 1. The summed E-state index contributed by atoms with van der Waals surface area (Å²) < 4.78 is 31.9. The van der Waals surface area contributed by atoms with Crippen molar-refractivity contribution in [3.63, 3.8) is 0 Å². The molecule has 140 valence electrons. The number of hydrogen-bond acceptors (Lipinski definition) is 8. The second-order valence-corrected chi connectivity index (χ2v) is 8.08. The van der Waals surface area contributed by atoms with Crippen LogP contribution < -0.4 is 9.80 Å². The number of nitrogens with zero attached hydrogens (tertiary/aromatic N) is 6. The molecule has 2 fully saturated rings. The number of nitrogens with one attached hydrogen (secondary N) is 1. The van der Waals surface area contributed by atoms with Crippen molar-refractivity contribution in [2.75, 3.05) is 62.3 Å². The van der Waals surface area contributed by atoms with E-state index in [1.54, 1.807) is 6.20 Å². The summed E-state index contributed by atoms with van der Waals surface area (Å²) in [5.41, 5.74) is 0.958. The van der Waals surface area contributed by atoms with E-state index in [1.807, 2.05) is 6.07 Å². The first-order valence-electron chi connectivity index (χ1n) is 8.53. The van der Waals surface area contributed by atoms with Crippen molar-refractivity contribution in [2.24, 2.45) is 0 Å². The topological polar surface area (TPSA) is 108 Å². The van der Waals surface area contributed by atoms with E-state index in [0.29, 0.717) is 39.4 Å². The van der Waals surface area contributed by atoms with Gasteiger partial charge in [0.05, 0.1) is 37.6 Å². The molecule has 2 aliphatic heterocycles. The number of hydrogen-bond donors (Lipinski definition) is 1. The standard InChI is InChI=1S/C15H21N7O3S/c23-26(24,15-11-16-12-17-15)22-3-1-20(2-4-22)13-9-14(19-18-10-13)21-5-7-25-8-6-21/h9-12H,1-8H2,(H,16,17). The largest absolute Gasteiger partial charge is 0.378 e. The molecule has 2 saturated heterocycles. The van der Waals surface area contributed by atoms with Gasteiger partial charge in [0, 0.05) is 45.3 Å². The van der Waals surface area contributed by atoms with Gasteiger partial charge >= 0.3 is 0 Å². The number of rotatable bonds is 4. The Morgan fingerprint density at radius 1 is 1.00 bits per heavy atom. The third-order valence-electron chi connectivity index (χ3n) is 4.66. The first-order valence-corrected chi connectivity index (χ1v) is 9.97. The highest BCUT2D eigenvalue weighted by Gasteiger charge is 2.29. The van der Waals surface area contributed by atoms with Gasteiger partial charge in [-0.05, 0) is 0 Å². The molecular formula is C15H21N7O3S. The number of morpholine rings is 1. The van der Waals surface area contributed by atoms with Gasteiger partial charge in [-0.25, -0.2) is 13.4 Å². The molecule has 0 radical (unpaired) electrons. The zero-order valence-electron chi connectivity index (χ0n) is 14.3. The Labute approximate surface area is 151 Å². The summed E-state index contributed by atoms with van der Waals surface area (Å²) in [5.74, 6) is 0.832. The van der Waals surface area contributed by atoms with E-state index in [4.69, 9.17) is 4.74 Å². The van der Waals surface area contributed by atoms with E-state index >= 15 is 0 Å². The Kier molecular flexibility index (Phi) is 4.74. The minimum atomic E-state index is -3.51. The monoisotopic (exact) mass is 379 g/mol. The molecule has 2 aromatic rings. The van der Waals surface area contributed by atoms with Gasteiger partial charge in [0.15, 0.2) is 10.8 Å². The molecule has 4 rings (SSSR count). The van der Waals surface area contributed by atoms with E-state index in [9.17, 15) is 8.42 Å². The lowest BCUT2D eigenvalue weighted by molar-refractivity contribution is 0.122. The van der Waals surface area contributed by atoms with E-state index < -0.39 is 10.0 Å². The predicted molar refractivity (Wildman–Crippen MR) is 94.6 cm³/mol. The first kappa shape index (κ1) is 17.2. The van der Waals surface area contributed by atoms with E-state index in [0.717, 1.165) is 24.6 Å². The summed E-state index contributed by atoms with van der Waals surface area (Å²) >= 11 is 0. The number of aromatic nitrogens is 4. The summed E-state index contributed by atoms with van der Waals surface area (Å²) in [5, 5.41) is 8.48. The normalized spacial score (nSPS) is 19.7. The molecule has 0 aliphatic carbocycles. The highest BCUT2D eigenvalue weighted by Crippen LogP contribution is 2.22. The van der Waals surface area contributed by atoms with Crippen LogP contribution in [0.4, 0.5) is 11.5 Å². The number of ether oxygens (including phenoxy) is 1. The maximum Gasteiger partial charge on any atom is 0.260 e. The maximum atomic E-state index is 12.5. The molecule has 0 bridgehead atoms. The second kappa shape index (κ2) is 7.17. The molecule has 2 aliphatic rings. The number of imidazole rings is 1. The average molecular weight is 379 g/mol. The molecule has 0 amide bonds. The third-order valence-corrected chi connectivity index (χ3v) is 6.48. The number of sulfonamides is 1. The smallest absolute Gasteiger partial charge is 0.260 e. The highest BCUT2D eigenvalue weighted by molar-refractivity contribution is 7.89. The number of piperazine rings is 1. The summed E-state index contributed by atoms with van der Waals surface area (Å²) in [6.45, 7) is 5.01. The third kappa shape index (κ3) is 3.37. The summed E-state index contributed by atoms with van der Waals surface area (Å²) in [4.78, 5) is 10.8. The second-order valence-electron chi connectivity index (χ2n) is 6.18. The molecule has 4 heterocycles. The fourth-order valence-electron chi connectivity index (χ4n) is 3.18. The molecule has 0 spiro atoms. The molecule has 10 nitrogen and oxygen atoms in total. The van der Waals surface area contributed by atoms with Crippen molar-refractivity contribution in [1.29, 1.82) is 0 Å². The molecule has 2 aromatic heterocycles. The average Bonchev–Trinajstić information content (AvgIpc) is 3.25. The highest BCUT2D eigenvalue weighted by atomic mass is 32.2. The van der Waals surface area contributed by atoms with Crippen LogP contribution in [0.25, 0.3) is 0 Å². The molecule has 26 heavy (non-hydrogen) atoms. The molecule has 11 heteroatoms. The lowest BCUT2D eigenvalue weighted by Crippen LogP contribution is -2.48. The van der Waals surface area contributed by atoms with Crippen molar-refractivity contribution in [1.82, 2.24) is 24.5 Å². The van der Waals surface area contributed by atoms with Crippen LogP contribution in [0.15, 0.2) is 29.8 Å². The van der Waals surface area contributed by atoms with Gasteiger partial charge in [-0.15, -0.1) is 5.10 Å². The SMILES string of the molecule is O=S(=O)(c1cnc[nH]1)N1CCN(c2cnnc(N3CCOCC3)c2)CC1. The molecule has 0 unspecified atom stereocenters. The van der Waals surface area contributed by atoms with Crippen LogP contribution in [0.5, 0.6) is 0 Å². The van der Waals surface area contributed by atoms with Crippen molar-refractivity contribution in [2.45, 2.75) is 5.03 Å². The van der Waals surface area contributed by atoms with Gasteiger partial charge in [0.25, 0.3) is 10.0 Å². The van der Waals surface area contributed by atoms with E-state index in [-0.39, 0.29) is 5.03 Å². The molecule has 0 atom stereocenters.